The number of rotatable bonds is 2. The van der Waals surface area contributed by atoms with Crippen molar-refractivity contribution >= 4 is 16.9 Å². The van der Waals surface area contributed by atoms with Crippen LogP contribution in [0.5, 0.6) is 0 Å². The molecular formula is C15H18F3N5O. The maximum Gasteiger partial charge on any atom is 0.404 e. The normalized spacial score (nSPS) is 22.7. The monoisotopic (exact) mass is 341 g/mol. The van der Waals surface area contributed by atoms with E-state index in [4.69, 9.17) is 0 Å². The number of aromatic nitrogens is 3. The summed E-state index contributed by atoms with van der Waals surface area (Å²) >= 11 is 0. The van der Waals surface area contributed by atoms with E-state index in [1.165, 1.54) is 11.9 Å². The van der Waals surface area contributed by atoms with Gasteiger partial charge in [-0.25, -0.2) is 4.68 Å². The molecule has 1 aliphatic rings. The number of fused-ring (bicyclic) bond motifs is 1. The van der Waals surface area contributed by atoms with Crippen LogP contribution in [0.2, 0.25) is 0 Å². The van der Waals surface area contributed by atoms with E-state index in [9.17, 15) is 18.0 Å². The van der Waals surface area contributed by atoms with E-state index in [0.717, 1.165) is 5.52 Å². The first-order chi connectivity index (χ1) is 11.3. The number of piperidine rings is 1. The molecule has 0 aliphatic carbocycles. The third-order valence-electron chi connectivity index (χ3n) is 4.41. The Balaban J connectivity index is 1.67. The number of aryl methyl sites for hydroxylation is 1. The second kappa shape index (κ2) is 6.04. The van der Waals surface area contributed by atoms with Gasteiger partial charge in [0.2, 0.25) is 0 Å². The van der Waals surface area contributed by atoms with E-state index in [1.807, 2.05) is 0 Å². The third kappa shape index (κ3) is 3.21. The lowest BCUT2D eigenvalue weighted by molar-refractivity contribution is -0.188. The molecule has 6 nitrogen and oxygen atoms in total. The van der Waals surface area contributed by atoms with Crippen molar-refractivity contribution in [3.05, 3.63) is 23.8 Å². The minimum atomic E-state index is -4.23. The summed E-state index contributed by atoms with van der Waals surface area (Å²) in [4.78, 5) is 13.6. The van der Waals surface area contributed by atoms with E-state index in [1.54, 1.807) is 29.9 Å². The lowest BCUT2D eigenvalue weighted by Crippen LogP contribution is -2.54. The summed E-state index contributed by atoms with van der Waals surface area (Å²) in [6.07, 6.45) is -3.95. The molecule has 0 unspecified atom stereocenters. The second-order valence-corrected chi connectivity index (χ2v) is 6.16. The van der Waals surface area contributed by atoms with Crippen molar-refractivity contribution in [1.29, 1.82) is 0 Å². The van der Waals surface area contributed by atoms with Crippen LogP contribution in [0, 0.1) is 0 Å². The highest BCUT2D eigenvalue weighted by Gasteiger charge is 2.44. The third-order valence-corrected chi connectivity index (χ3v) is 4.41. The number of carbonyl (C=O) groups excluding carboxylic acids is 1. The van der Waals surface area contributed by atoms with Gasteiger partial charge in [0.25, 0.3) is 5.91 Å². The Morgan fingerprint density at radius 2 is 2.04 bits per heavy atom. The minimum Gasteiger partial charge on any atom is -0.348 e. The van der Waals surface area contributed by atoms with Crippen LogP contribution in [0.25, 0.3) is 11.0 Å². The Kier molecular flexibility index (Phi) is 4.20. The molecule has 1 aromatic heterocycles. The first kappa shape index (κ1) is 16.7. The van der Waals surface area contributed by atoms with Gasteiger partial charge in [0, 0.05) is 25.2 Å². The zero-order valence-electron chi connectivity index (χ0n) is 13.3. The van der Waals surface area contributed by atoms with Crippen molar-refractivity contribution in [1.82, 2.24) is 25.2 Å². The Morgan fingerprint density at radius 1 is 1.29 bits per heavy atom. The fourth-order valence-corrected chi connectivity index (χ4v) is 3.12. The summed E-state index contributed by atoms with van der Waals surface area (Å²) < 4.78 is 40.1. The topological polar surface area (TPSA) is 63.1 Å². The predicted molar refractivity (Wildman–Crippen MR) is 81.5 cm³/mol. The Labute approximate surface area is 136 Å². The summed E-state index contributed by atoms with van der Waals surface area (Å²) in [6.45, 7) is 0.172. The predicted octanol–water partition coefficient (Wildman–Crippen LogP) is 1.72. The van der Waals surface area contributed by atoms with E-state index < -0.39 is 12.2 Å². The molecule has 0 bridgehead atoms. The molecule has 0 spiro atoms. The van der Waals surface area contributed by atoms with Crippen molar-refractivity contribution in [3.8, 4) is 0 Å². The van der Waals surface area contributed by atoms with Gasteiger partial charge in [-0.15, -0.1) is 5.10 Å². The molecular weight excluding hydrogens is 323 g/mol. The van der Waals surface area contributed by atoms with E-state index in [0.29, 0.717) is 17.5 Å². The van der Waals surface area contributed by atoms with Crippen LogP contribution in [-0.2, 0) is 7.05 Å². The lowest BCUT2D eigenvalue weighted by atomic mass is 9.98. The highest BCUT2D eigenvalue weighted by Crippen LogP contribution is 2.30. The quantitative estimate of drug-likeness (QED) is 0.904. The largest absolute Gasteiger partial charge is 0.404 e. The molecule has 1 N–H and O–H groups in total. The molecule has 1 amide bonds. The Morgan fingerprint density at radius 3 is 2.71 bits per heavy atom. The molecule has 2 heterocycles. The number of hydrogen-bond donors (Lipinski definition) is 1. The number of alkyl halides is 3. The Bertz CT molecular complexity index is 757. The standard InChI is InChI=1S/C15H18F3N5O/c1-22-8-10(4-6-13(22)15(16,17)18)19-14(24)9-3-5-11-12(7-9)23(2)21-20-11/h3,5,7,10,13H,4,6,8H2,1-2H3,(H,19,24)/t10-,13-/m0/s1. The van der Waals surface area contributed by atoms with Crippen LogP contribution in [0.3, 0.4) is 0 Å². The molecule has 24 heavy (non-hydrogen) atoms. The molecule has 1 fully saturated rings. The highest BCUT2D eigenvalue weighted by molar-refractivity contribution is 5.97. The second-order valence-electron chi connectivity index (χ2n) is 6.16. The lowest BCUT2D eigenvalue weighted by Gasteiger charge is -2.38. The van der Waals surface area contributed by atoms with Crippen LogP contribution in [0.15, 0.2) is 18.2 Å². The molecule has 9 heteroatoms. The van der Waals surface area contributed by atoms with Crippen molar-refractivity contribution in [2.45, 2.75) is 31.1 Å². The number of nitrogens with one attached hydrogen (secondary N) is 1. The fraction of sp³-hybridized carbons (Fsp3) is 0.533. The average molecular weight is 341 g/mol. The molecule has 2 atom stereocenters. The summed E-state index contributed by atoms with van der Waals surface area (Å²) in [7, 11) is 3.16. The molecule has 1 saturated heterocycles. The smallest absolute Gasteiger partial charge is 0.348 e. The maximum absolute atomic E-state index is 12.9. The summed E-state index contributed by atoms with van der Waals surface area (Å²) in [6, 6.07) is 3.26. The number of likely N-dealkylation sites (tertiary alicyclic amines) is 1. The zero-order valence-corrected chi connectivity index (χ0v) is 13.3. The summed E-state index contributed by atoms with van der Waals surface area (Å²) in [5.74, 6) is -0.304. The number of hydrogen-bond acceptors (Lipinski definition) is 4. The van der Waals surface area contributed by atoms with Crippen molar-refractivity contribution < 1.29 is 18.0 Å². The number of likely N-dealkylation sites (N-methyl/N-ethyl adjacent to an activating group) is 1. The van der Waals surface area contributed by atoms with Crippen LogP contribution in [0.4, 0.5) is 13.2 Å². The van der Waals surface area contributed by atoms with E-state index in [2.05, 4.69) is 15.6 Å². The first-order valence-corrected chi connectivity index (χ1v) is 7.63. The molecule has 0 saturated carbocycles. The molecule has 0 radical (unpaired) electrons. The zero-order chi connectivity index (χ0) is 17.5. The van der Waals surface area contributed by atoms with Crippen molar-refractivity contribution in [2.24, 2.45) is 7.05 Å². The van der Waals surface area contributed by atoms with Crippen LogP contribution < -0.4 is 5.32 Å². The number of amides is 1. The highest BCUT2D eigenvalue weighted by atomic mass is 19.4. The van der Waals surface area contributed by atoms with Gasteiger partial charge in [-0.05, 0) is 38.1 Å². The van der Waals surface area contributed by atoms with Crippen molar-refractivity contribution in [2.75, 3.05) is 13.6 Å². The van der Waals surface area contributed by atoms with E-state index >= 15 is 0 Å². The average Bonchev–Trinajstić information content (AvgIpc) is 2.87. The summed E-state index contributed by atoms with van der Waals surface area (Å²) in [5.41, 5.74) is 1.84. The van der Waals surface area contributed by atoms with Crippen LogP contribution in [0.1, 0.15) is 23.2 Å². The molecule has 1 aliphatic heterocycles. The number of halogens is 3. The fourth-order valence-electron chi connectivity index (χ4n) is 3.12. The van der Waals surface area contributed by atoms with Gasteiger partial charge in [0.05, 0.1) is 5.52 Å². The maximum atomic E-state index is 12.9. The molecule has 130 valence electrons. The van der Waals surface area contributed by atoms with Crippen molar-refractivity contribution in [3.63, 3.8) is 0 Å². The minimum absolute atomic E-state index is 0.0182. The van der Waals surface area contributed by atoms with Gasteiger partial charge in [-0.3, -0.25) is 9.69 Å². The molecule has 1 aromatic carbocycles. The van der Waals surface area contributed by atoms with Gasteiger partial charge in [-0.1, -0.05) is 5.21 Å². The summed E-state index contributed by atoms with van der Waals surface area (Å²) in [5, 5.41) is 10.6. The van der Waals surface area contributed by atoms with Crippen LogP contribution >= 0.6 is 0 Å². The molecule has 2 aromatic rings. The number of benzene rings is 1. The molecule has 3 rings (SSSR count). The van der Waals surface area contributed by atoms with Crippen LogP contribution in [-0.4, -0.2) is 57.7 Å². The van der Waals surface area contributed by atoms with Gasteiger partial charge >= 0.3 is 6.18 Å². The number of nitrogens with zero attached hydrogens (tertiary/aromatic N) is 4. The van der Waals surface area contributed by atoms with Gasteiger partial charge < -0.3 is 5.32 Å². The van der Waals surface area contributed by atoms with Gasteiger partial charge in [-0.2, -0.15) is 13.2 Å². The van der Waals surface area contributed by atoms with Gasteiger partial charge in [0.1, 0.15) is 11.6 Å². The number of carbonyl (C=O) groups is 1. The van der Waals surface area contributed by atoms with E-state index in [-0.39, 0.29) is 24.9 Å². The van der Waals surface area contributed by atoms with Gasteiger partial charge in [0.15, 0.2) is 0 Å². The first-order valence-electron chi connectivity index (χ1n) is 7.63. The SMILES string of the molecule is CN1C[C@@H](NC(=O)c2ccc3nnn(C)c3c2)CC[C@H]1C(F)(F)F. The Hall–Kier alpha value is -2.16.